The number of nitrogens with one attached hydrogen (secondary N) is 2. The predicted molar refractivity (Wildman–Crippen MR) is 133 cm³/mol. The van der Waals surface area contributed by atoms with Crippen LogP contribution < -0.4 is 10.6 Å². The molecule has 34 heavy (non-hydrogen) atoms. The van der Waals surface area contributed by atoms with Crippen LogP contribution in [0, 0.1) is 0 Å². The number of aromatic nitrogens is 3. The zero-order chi connectivity index (χ0) is 23.3. The van der Waals surface area contributed by atoms with Crippen molar-refractivity contribution in [1.82, 2.24) is 25.8 Å². The predicted octanol–water partition coefficient (Wildman–Crippen LogP) is 4.04. The summed E-state index contributed by atoms with van der Waals surface area (Å²) in [6, 6.07) is 17.9. The number of benzene rings is 2. The molecular weight excluding hydrogens is 446 g/mol. The van der Waals surface area contributed by atoms with Crippen molar-refractivity contribution >= 4 is 11.2 Å². The minimum absolute atomic E-state index is 0.169. The van der Waals surface area contributed by atoms with E-state index in [-0.39, 0.29) is 5.25 Å². The SMILES string of the molecule is CNCc1ccc(-c2cc(-c3cncc(-c4ccc([S+]([O-])C5CCCNC5)cc4)n3)on2)cc1. The van der Waals surface area contributed by atoms with Crippen molar-refractivity contribution in [3.8, 4) is 34.0 Å². The van der Waals surface area contributed by atoms with Gasteiger partial charge in [-0.2, -0.15) is 0 Å². The van der Waals surface area contributed by atoms with Gasteiger partial charge >= 0.3 is 0 Å². The van der Waals surface area contributed by atoms with Gasteiger partial charge in [-0.25, -0.2) is 4.98 Å². The maximum Gasteiger partial charge on any atom is 0.187 e. The molecule has 0 spiro atoms. The van der Waals surface area contributed by atoms with Crippen LogP contribution in [0.5, 0.6) is 0 Å². The minimum atomic E-state index is -1.01. The topological polar surface area (TPSA) is 98.9 Å². The first-order valence-electron chi connectivity index (χ1n) is 11.5. The van der Waals surface area contributed by atoms with Crippen molar-refractivity contribution in [3.63, 3.8) is 0 Å². The van der Waals surface area contributed by atoms with Gasteiger partial charge in [-0.3, -0.25) is 4.98 Å². The Hall–Kier alpha value is -3.04. The van der Waals surface area contributed by atoms with Crippen molar-refractivity contribution in [2.24, 2.45) is 0 Å². The molecule has 7 nitrogen and oxygen atoms in total. The summed E-state index contributed by atoms with van der Waals surface area (Å²) >= 11 is -1.01. The average Bonchev–Trinajstić information content (AvgIpc) is 3.40. The molecule has 174 valence electrons. The Bertz CT molecular complexity index is 1220. The van der Waals surface area contributed by atoms with Gasteiger partial charge in [0, 0.05) is 30.3 Å². The first-order chi connectivity index (χ1) is 16.7. The van der Waals surface area contributed by atoms with E-state index >= 15 is 0 Å². The summed E-state index contributed by atoms with van der Waals surface area (Å²) in [5.74, 6) is 0.561. The number of piperidine rings is 1. The Morgan fingerprint density at radius 2 is 1.76 bits per heavy atom. The molecule has 2 aromatic carbocycles. The highest BCUT2D eigenvalue weighted by Crippen LogP contribution is 2.28. The van der Waals surface area contributed by atoms with Gasteiger partial charge in [0.1, 0.15) is 16.6 Å². The Morgan fingerprint density at radius 3 is 2.50 bits per heavy atom. The summed E-state index contributed by atoms with van der Waals surface area (Å²) < 4.78 is 18.5. The molecule has 0 radical (unpaired) electrons. The summed E-state index contributed by atoms with van der Waals surface area (Å²) in [4.78, 5) is 9.94. The van der Waals surface area contributed by atoms with E-state index in [0.29, 0.717) is 11.5 Å². The normalized spacial score (nSPS) is 16.9. The molecule has 2 unspecified atom stereocenters. The monoisotopic (exact) mass is 473 g/mol. The first-order valence-corrected chi connectivity index (χ1v) is 12.7. The van der Waals surface area contributed by atoms with Gasteiger partial charge < -0.3 is 19.7 Å². The molecule has 4 aromatic rings. The minimum Gasteiger partial charge on any atom is -0.611 e. The van der Waals surface area contributed by atoms with Gasteiger partial charge in [-0.15, -0.1) is 0 Å². The number of hydrogen-bond donors (Lipinski definition) is 2. The smallest absolute Gasteiger partial charge is 0.187 e. The second kappa shape index (κ2) is 10.5. The molecule has 0 bridgehead atoms. The van der Waals surface area contributed by atoms with Crippen LogP contribution in [0.15, 0.2) is 76.4 Å². The van der Waals surface area contributed by atoms with Crippen LogP contribution in [-0.2, 0) is 17.7 Å². The molecule has 1 fully saturated rings. The molecule has 1 saturated heterocycles. The summed E-state index contributed by atoms with van der Waals surface area (Å²) in [6.07, 6.45) is 5.46. The molecule has 0 saturated carbocycles. The Kier molecular flexibility index (Phi) is 7.01. The van der Waals surface area contributed by atoms with E-state index < -0.39 is 11.2 Å². The highest BCUT2D eigenvalue weighted by atomic mass is 32.2. The number of rotatable bonds is 7. The Balaban J connectivity index is 1.33. The number of nitrogens with zero attached hydrogens (tertiary/aromatic N) is 3. The first kappa shape index (κ1) is 22.7. The van der Waals surface area contributed by atoms with Gasteiger partial charge in [0.25, 0.3) is 0 Å². The van der Waals surface area contributed by atoms with Gasteiger partial charge in [0.15, 0.2) is 10.7 Å². The Labute approximate surface area is 202 Å². The van der Waals surface area contributed by atoms with Crippen LogP contribution in [0.4, 0.5) is 0 Å². The van der Waals surface area contributed by atoms with Gasteiger partial charge in [-0.1, -0.05) is 29.4 Å². The summed E-state index contributed by atoms with van der Waals surface area (Å²) in [5.41, 5.74) is 5.20. The van der Waals surface area contributed by atoms with E-state index in [2.05, 4.69) is 32.9 Å². The van der Waals surface area contributed by atoms with Gasteiger partial charge in [-0.05, 0) is 67.4 Å². The van der Waals surface area contributed by atoms with E-state index in [0.717, 1.165) is 59.9 Å². The maximum absolute atomic E-state index is 12.9. The van der Waals surface area contributed by atoms with Crippen LogP contribution in [0.1, 0.15) is 18.4 Å². The molecule has 3 heterocycles. The number of hydrogen-bond acceptors (Lipinski definition) is 7. The van der Waals surface area contributed by atoms with E-state index in [1.54, 1.807) is 12.4 Å². The van der Waals surface area contributed by atoms with Crippen molar-refractivity contribution in [2.45, 2.75) is 29.5 Å². The molecule has 2 atom stereocenters. The molecule has 1 aliphatic rings. The van der Waals surface area contributed by atoms with Crippen LogP contribution in [-0.4, -0.2) is 45.1 Å². The quantitative estimate of drug-likeness (QED) is 0.391. The highest BCUT2D eigenvalue weighted by Gasteiger charge is 2.26. The lowest BCUT2D eigenvalue weighted by atomic mass is 10.1. The molecule has 8 heteroatoms. The third-order valence-corrected chi connectivity index (χ3v) is 7.71. The van der Waals surface area contributed by atoms with Crippen LogP contribution in [0.2, 0.25) is 0 Å². The van der Waals surface area contributed by atoms with Crippen LogP contribution in [0.3, 0.4) is 0 Å². The van der Waals surface area contributed by atoms with E-state index in [4.69, 9.17) is 9.51 Å². The standard InChI is InChI=1S/C26H27N5O2S/c1-27-14-18-4-6-19(7-5-18)23-13-26(33-31-23)25-17-29-16-24(30-25)20-8-10-21(11-9-20)34(32)22-3-2-12-28-15-22/h4-11,13,16-17,22,27-28H,2-3,12,14-15H2,1H3. The van der Waals surface area contributed by atoms with E-state index in [9.17, 15) is 4.55 Å². The second-order valence-corrected chi connectivity index (χ2v) is 10.1. The molecular formula is C26H27N5O2S. The summed E-state index contributed by atoms with van der Waals surface area (Å²) in [6.45, 7) is 2.64. The van der Waals surface area contributed by atoms with E-state index in [1.807, 2.05) is 49.5 Å². The highest BCUT2D eigenvalue weighted by molar-refractivity contribution is 7.92. The van der Waals surface area contributed by atoms with Crippen molar-refractivity contribution in [3.05, 3.63) is 72.6 Å². The average molecular weight is 474 g/mol. The van der Waals surface area contributed by atoms with Crippen molar-refractivity contribution in [1.29, 1.82) is 0 Å². The lowest BCUT2D eigenvalue weighted by Gasteiger charge is -2.25. The lowest BCUT2D eigenvalue weighted by Crippen LogP contribution is -2.38. The van der Waals surface area contributed by atoms with Gasteiger partial charge in [0.2, 0.25) is 0 Å². The third-order valence-electron chi connectivity index (χ3n) is 5.96. The Morgan fingerprint density at radius 1 is 1.03 bits per heavy atom. The third kappa shape index (κ3) is 5.05. The fraction of sp³-hybridized carbons (Fsp3) is 0.269. The van der Waals surface area contributed by atoms with Crippen LogP contribution >= 0.6 is 0 Å². The maximum atomic E-state index is 12.9. The van der Waals surface area contributed by atoms with Crippen molar-refractivity contribution in [2.75, 3.05) is 20.1 Å². The zero-order valence-corrected chi connectivity index (χ0v) is 19.8. The molecule has 2 N–H and O–H groups in total. The molecule has 2 aromatic heterocycles. The lowest BCUT2D eigenvalue weighted by molar-refractivity contribution is 0.433. The fourth-order valence-electron chi connectivity index (χ4n) is 4.11. The van der Waals surface area contributed by atoms with E-state index in [1.165, 1.54) is 5.56 Å². The second-order valence-electron chi connectivity index (χ2n) is 8.38. The fourth-order valence-corrected chi connectivity index (χ4v) is 5.55. The van der Waals surface area contributed by atoms with Crippen LogP contribution in [0.25, 0.3) is 34.0 Å². The molecule has 1 aliphatic heterocycles. The van der Waals surface area contributed by atoms with Crippen molar-refractivity contribution < 1.29 is 9.08 Å². The molecule has 5 rings (SSSR count). The summed E-state index contributed by atoms with van der Waals surface area (Å²) in [7, 11) is 1.93. The van der Waals surface area contributed by atoms with Gasteiger partial charge in [0.05, 0.1) is 18.1 Å². The zero-order valence-electron chi connectivity index (χ0n) is 19.0. The summed E-state index contributed by atoms with van der Waals surface area (Å²) in [5, 5.41) is 10.9. The molecule has 0 aliphatic carbocycles. The molecule has 0 amide bonds. The largest absolute Gasteiger partial charge is 0.611 e.